The molecule has 3 aromatic rings. The Morgan fingerprint density at radius 3 is 2.66 bits per heavy atom. The molecule has 1 fully saturated rings. The van der Waals surface area contributed by atoms with Gasteiger partial charge in [0.05, 0.1) is 36.9 Å². The number of nitrogens with zero attached hydrogens (tertiary/aromatic N) is 3. The third-order valence-corrected chi connectivity index (χ3v) is 6.77. The molecule has 214 valence electrons. The molecule has 2 aromatic carbocycles. The lowest BCUT2D eigenvalue weighted by molar-refractivity contribution is -0.131. The van der Waals surface area contributed by atoms with Crippen LogP contribution in [0.5, 0.6) is 11.5 Å². The molecule has 1 saturated heterocycles. The van der Waals surface area contributed by atoms with Crippen molar-refractivity contribution >= 4 is 35.3 Å². The van der Waals surface area contributed by atoms with Crippen LogP contribution in [0.1, 0.15) is 41.0 Å². The maximum absolute atomic E-state index is 13.8. The number of para-hydroxylation sites is 1. The van der Waals surface area contributed by atoms with Crippen molar-refractivity contribution in [1.82, 2.24) is 20.5 Å². The number of benzene rings is 2. The summed E-state index contributed by atoms with van der Waals surface area (Å²) < 4.78 is 5.46. The van der Waals surface area contributed by atoms with Crippen LogP contribution in [-0.2, 0) is 11.2 Å². The van der Waals surface area contributed by atoms with Gasteiger partial charge in [-0.15, -0.1) is 0 Å². The Balaban J connectivity index is 1.59. The van der Waals surface area contributed by atoms with Gasteiger partial charge < -0.3 is 25.3 Å². The number of carbonyl (C=O) groups is 3. The number of amidine groups is 1. The van der Waals surface area contributed by atoms with Gasteiger partial charge in [0.25, 0.3) is 0 Å². The van der Waals surface area contributed by atoms with Crippen molar-refractivity contribution in [2.45, 2.75) is 25.8 Å². The first-order valence-electron chi connectivity index (χ1n) is 12.9. The molecule has 0 saturated carbocycles. The summed E-state index contributed by atoms with van der Waals surface area (Å²) in [6.45, 7) is 1.87. The molecule has 0 spiro atoms. The van der Waals surface area contributed by atoms with Gasteiger partial charge in [0.15, 0.2) is 11.6 Å². The van der Waals surface area contributed by atoms with Gasteiger partial charge in [0.2, 0.25) is 5.91 Å². The predicted molar refractivity (Wildman–Crippen MR) is 152 cm³/mol. The highest BCUT2D eigenvalue weighted by Crippen LogP contribution is 2.27. The first-order valence-corrected chi connectivity index (χ1v) is 13.3. The van der Waals surface area contributed by atoms with E-state index in [0.717, 1.165) is 10.5 Å². The zero-order valence-corrected chi connectivity index (χ0v) is 23.3. The van der Waals surface area contributed by atoms with Crippen molar-refractivity contribution in [3.63, 3.8) is 0 Å². The summed E-state index contributed by atoms with van der Waals surface area (Å²) in [6.07, 6.45) is 1.93. The molecule has 3 N–H and O–H groups in total. The number of imide groups is 1. The molecule has 11 nitrogen and oxygen atoms in total. The van der Waals surface area contributed by atoms with Crippen molar-refractivity contribution in [3.05, 3.63) is 88.7 Å². The minimum atomic E-state index is -1.10. The number of pyridine rings is 1. The third kappa shape index (κ3) is 7.52. The molecule has 1 aliphatic heterocycles. The molecule has 0 bridgehead atoms. The smallest absolute Gasteiger partial charge is 0.337 e. The van der Waals surface area contributed by atoms with E-state index in [0.29, 0.717) is 28.6 Å². The zero-order chi connectivity index (χ0) is 29.4. The van der Waals surface area contributed by atoms with E-state index in [1.165, 1.54) is 19.4 Å². The van der Waals surface area contributed by atoms with E-state index in [2.05, 4.69) is 20.8 Å². The number of oxime groups is 1. The molecule has 4 rings (SSSR count). The Morgan fingerprint density at radius 2 is 2.00 bits per heavy atom. The minimum absolute atomic E-state index is 0.0299. The molecular formula is C29H30ClN5O6. The van der Waals surface area contributed by atoms with E-state index in [-0.39, 0.29) is 30.9 Å². The Bertz CT molecular complexity index is 1420. The van der Waals surface area contributed by atoms with E-state index < -0.39 is 29.9 Å². The highest BCUT2D eigenvalue weighted by molar-refractivity contribution is 6.30. The maximum Gasteiger partial charge on any atom is 0.337 e. The van der Waals surface area contributed by atoms with Crippen molar-refractivity contribution < 1.29 is 29.1 Å². The number of carboxylic acid groups (broad SMARTS) is 1. The van der Waals surface area contributed by atoms with Crippen LogP contribution in [0.2, 0.25) is 5.02 Å². The second-order valence-corrected chi connectivity index (χ2v) is 9.73. The highest BCUT2D eigenvalue weighted by Gasteiger charge is 2.35. The molecule has 41 heavy (non-hydrogen) atoms. The lowest BCUT2D eigenvalue weighted by atomic mass is 9.97. The zero-order valence-electron chi connectivity index (χ0n) is 22.5. The second-order valence-electron chi connectivity index (χ2n) is 9.29. The van der Waals surface area contributed by atoms with Crippen molar-refractivity contribution in [3.8, 4) is 11.5 Å². The van der Waals surface area contributed by atoms with Crippen molar-refractivity contribution in [2.75, 3.05) is 20.2 Å². The van der Waals surface area contributed by atoms with Gasteiger partial charge in [0, 0.05) is 17.8 Å². The van der Waals surface area contributed by atoms with Crippen LogP contribution in [0.25, 0.3) is 0 Å². The number of hydrogen-bond acceptors (Lipinski definition) is 7. The number of carbonyl (C=O) groups excluding carboxylic acids is 2. The Labute approximate surface area is 242 Å². The normalized spacial score (nSPS) is 16.9. The first kappa shape index (κ1) is 29.3. The highest BCUT2D eigenvalue weighted by atomic mass is 35.5. The van der Waals surface area contributed by atoms with Crippen LogP contribution in [0, 0.1) is 5.92 Å². The van der Waals surface area contributed by atoms with Gasteiger partial charge in [-0.25, -0.2) is 9.59 Å². The minimum Gasteiger partial charge on any atom is -0.496 e. The fraction of sp³-hybridized carbons (Fsp3) is 0.276. The summed E-state index contributed by atoms with van der Waals surface area (Å²) in [7, 11) is 1.53. The Hall–Kier alpha value is -4.64. The molecule has 3 amide bonds. The second kappa shape index (κ2) is 13.6. The number of hydrogen-bond donors (Lipinski definition) is 3. The van der Waals surface area contributed by atoms with Gasteiger partial charge in [-0.2, -0.15) is 0 Å². The molecule has 2 atom stereocenters. The van der Waals surface area contributed by atoms with Crippen molar-refractivity contribution in [2.24, 2.45) is 11.1 Å². The van der Waals surface area contributed by atoms with Crippen LogP contribution in [0.3, 0.4) is 0 Å². The average molecular weight is 580 g/mol. The van der Waals surface area contributed by atoms with Crippen LogP contribution >= 0.6 is 11.6 Å². The van der Waals surface area contributed by atoms with Crippen LogP contribution in [-0.4, -0.2) is 58.9 Å². The third-order valence-electron chi connectivity index (χ3n) is 6.53. The van der Waals surface area contributed by atoms with Crippen LogP contribution in [0.15, 0.2) is 72.0 Å². The number of amides is 3. The molecule has 12 heteroatoms. The summed E-state index contributed by atoms with van der Waals surface area (Å²) in [5, 5.41) is 19.8. The fourth-order valence-corrected chi connectivity index (χ4v) is 4.53. The monoisotopic (exact) mass is 579 g/mol. The van der Waals surface area contributed by atoms with E-state index in [4.69, 9.17) is 26.3 Å². The molecule has 1 aliphatic rings. The predicted octanol–water partition coefficient (Wildman–Crippen LogP) is 4.29. The molecule has 2 heterocycles. The number of methoxy groups -OCH3 is 1. The fourth-order valence-electron chi connectivity index (χ4n) is 4.34. The van der Waals surface area contributed by atoms with Crippen molar-refractivity contribution in [1.29, 1.82) is 0 Å². The molecule has 0 unspecified atom stereocenters. The van der Waals surface area contributed by atoms with Crippen LogP contribution in [0.4, 0.5) is 4.79 Å². The summed E-state index contributed by atoms with van der Waals surface area (Å²) in [4.78, 5) is 49.4. The van der Waals surface area contributed by atoms with Crippen LogP contribution < -0.4 is 20.2 Å². The molecule has 1 aromatic heterocycles. The number of rotatable bonds is 9. The Kier molecular flexibility index (Phi) is 9.75. The first-order chi connectivity index (χ1) is 19.8. The lowest BCUT2D eigenvalue weighted by Gasteiger charge is -2.25. The lowest BCUT2D eigenvalue weighted by Crippen LogP contribution is -2.48. The number of aromatic nitrogens is 1. The van der Waals surface area contributed by atoms with Gasteiger partial charge in [0.1, 0.15) is 5.75 Å². The number of nitrogens with one attached hydrogen (secondary N) is 2. The van der Waals surface area contributed by atoms with Gasteiger partial charge in [-0.3, -0.25) is 14.7 Å². The van der Waals surface area contributed by atoms with E-state index in [1.807, 2.05) is 13.0 Å². The number of carboxylic acids is 1. The summed E-state index contributed by atoms with van der Waals surface area (Å²) in [5.41, 5.74) is 1.21. The molecule has 0 radical (unpaired) electrons. The number of aromatic carboxylic acids is 1. The van der Waals surface area contributed by atoms with Gasteiger partial charge in [-0.1, -0.05) is 41.9 Å². The summed E-state index contributed by atoms with van der Waals surface area (Å²) in [6, 6.07) is 15.8. The van der Waals surface area contributed by atoms with Gasteiger partial charge >= 0.3 is 12.0 Å². The van der Waals surface area contributed by atoms with Gasteiger partial charge in [-0.05, 0) is 60.9 Å². The largest absolute Gasteiger partial charge is 0.496 e. The number of ether oxygens (including phenoxy) is 1. The number of halogens is 1. The molecular weight excluding hydrogens is 550 g/mol. The van der Waals surface area contributed by atoms with E-state index in [9.17, 15) is 14.4 Å². The average Bonchev–Trinajstić information content (AvgIpc) is 3.14. The van der Waals surface area contributed by atoms with E-state index in [1.54, 1.807) is 48.5 Å². The Morgan fingerprint density at radius 1 is 1.22 bits per heavy atom. The quantitative estimate of drug-likeness (QED) is 0.319. The molecule has 0 aliphatic carbocycles. The maximum atomic E-state index is 13.8. The summed E-state index contributed by atoms with van der Waals surface area (Å²) >= 11 is 6.22. The topological polar surface area (TPSA) is 142 Å². The van der Waals surface area contributed by atoms with E-state index >= 15 is 0 Å². The number of urea groups is 1. The summed E-state index contributed by atoms with van der Waals surface area (Å²) in [5.74, 6) is -0.830. The SMILES string of the molecule is CC[C@@H](NC(=O)N1C/C(=N/Oc2ccccc2)NC[C@@H](Cc2cc(Cl)ccc2OC)C1=O)c1ccc(C(=O)O)cn1. The standard InChI is InChI=1S/C29H30ClN5O6/c1-3-23(24-11-9-18(15-31-24)28(37)38)33-29(39)35-17-26(34-41-22-7-5-4-6-8-22)32-16-20(27(35)36)13-19-14-21(30)10-12-25(19)40-2/h4-12,14-15,20,23H,3,13,16-17H2,1-2H3,(H,32,34)(H,33,39)(H,37,38)/t20-,23-/m1/s1.